The maximum Gasteiger partial charge on any atom is 0.306 e. The zero-order valence-corrected chi connectivity index (χ0v) is 23.3. The molecule has 3 fully saturated rings. The van der Waals surface area contributed by atoms with Crippen LogP contribution in [0.3, 0.4) is 0 Å². The molecule has 0 radical (unpaired) electrons. The third-order valence-electron chi connectivity index (χ3n) is 8.68. The minimum atomic E-state index is -0.407. The van der Waals surface area contributed by atoms with Gasteiger partial charge in [0.1, 0.15) is 5.60 Å². The number of rotatable bonds is 5. The van der Waals surface area contributed by atoms with E-state index in [9.17, 15) is 14.4 Å². The topological polar surface area (TPSA) is 93.5 Å². The number of carbonyl (C=O) groups is 3. The van der Waals surface area contributed by atoms with Crippen molar-refractivity contribution in [3.63, 3.8) is 0 Å². The molecule has 2 amide bonds. The lowest BCUT2D eigenvalue weighted by atomic mass is 9.81. The summed E-state index contributed by atoms with van der Waals surface area (Å²) in [6, 6.07) is 7.21. The Labute approximate surface area is 225 Å². The highest BCUT2D eigenvalue weighted by molar-refractivity contribution is 6.02. The van der Waals surface area contributed by atoms with E-state index in [4.69, 9.17) is 9.84 Å². The molecule has 2 aliphatic heterocycles. The van der Waals surface area contributed by atoms with E-state index in [0.29, 0.717) is 37.1 Å². The lowest BCUT2D eigenvalue weighted by Gasteiger charge is -2.41. The number of aryl methyl sites for hydroxylation is 1. The first-order chi connectivity index (χ1) is 18.1. The number of imide groups is 1. The summed E-state index contributed by atoms with van der Waals surface area (Å²) in [6.45, 7) is 8.00. The summed E-state index contributed by atoms with van der Waals surface area (Å²) in [4.78, 5) is 38.9. The van der Waals surface area contributed by atoms with Gasteiger partial charge in [-0.1, -0.05) is 12.1 Å². The number of nitrogens with one attached hydrogen (secondary N) is 1. The molecule has 5 rings (SSSR count). The van der Waals surface area contributed by atoms with Crippen LogP contribution in [0.2, 0.25) is 0 Å². The molecule has 38 heavy (non-hydrogen) atoms. The Morgan fingerprint density at radius 3 is 2.42 bits per heavy atom. The number of carbonyl (C=O) groups excluding carboxylic acids is 3. The van der Waals surface area contributed by atoms with Crippen LogP contribution in [-0.4, -0.2) is 57.2 Å². The molecular weight excluding hydrogens is 480 g/mol. The quantitative estimate of drug-likeness (QED) is 0.457. The highest BCUT2D eigenvalue weighted by atomic mass is 16.6. The first kappa shape index (κ1) is 26.9. The molecule has 0 spiro atoms. The third kappa shape index (κ3) is 5.95. The van der Waals surface area contributed by atoms with Crippen LogP contribution in [0.4, 0.5) is 0 Å². The molecule has 2 aromatic rings. The number of likely N-dealkylation sites (tertiary alicyclic amines) is 1. The molecule has 1 saturated carbocycles. The highest BCUT2D eigenvalue weighted by Crippen LogP contribution is 2.37. The monoisotopic (exact) mass is 522 g/mol. The standard InChI is InChI=1S/C30H42N4O4/c1-30(2,3)38-27(36)17-19-5-8-22(9-6-19)34-15-13-20(14-16-34)21-7-10-23-25(18-21)33(4)32-28(23)24-11-12-26(35)31-29(24)37/h7,10,18-20,22,24H,5-6,8-9,11-17H2,1-4H3,(H,31,35,37)/t19-,22-,24?. The van der Waals surface area contributed by atoms with Crippen molar-refractivity contribution in [3.8, 4) is 0 Å². The second-order valence-corrected chi connectivity index (χ2v) is 12.6. The fourth-order valence-corrected chi connectivity index (χ4v) is 6.70. The summed E-state index contributed by atoms with van der Waals surface area (Å²) in [5.41, 5.74) is 2.76. The first-order valence-electron chi connectivity index (χ1n) is 14.3. The minimum absolute atomic E-state index is 0.0589. The molecule has 1 unspecified atom stereocenters. The highest BCUT2D eigenvalue weighted by Gasteiger charge is 2.33. The average Bonchev–Trinajstić information content (AvgIpc) is 3.19. The summed E-state index contributed by atoms with van der Waals surface area (Å²) in [7, 11) is 1.93. The lowest BCUT2D eigenvalue weighted by molar-refractivity contribution is -0.156. The van der Waals surface area contributed by atoms with Gasteiger partial charge in [0.05, 0.1) is 17.1 Å². The van der Waals surface area contributed by atoms with Gasteiger partial charge >= 0.3 is 5.97 Å². The Morgan fingerprint density at radius 1 is 1.05 bits per heavy atom. The number of piperidine rings is 2. The Bertz CT molecular complexity index is 1200. The van der Waals surface area contributed by atoms with E-state index < -0.39 is 5.60 Å². The van der Waals surface area contributed by atoms with Crippen molar-refractivity contribution in [1.82, 2.24) is 20.0 Å². The average molecular weight is 523 g/mol. The molecule has 1 aromatic carbocycles. The number of benzene rings is 1. The lowest BCUT2D eigenvalue weighted by Crippen LogP contribution is -2.43. The smallest absolute Gasteiger partial charge is 0.306 e. The fourth-order valence-electron chi connectivity index (χ4n) is 6.70. The number of hydrogen-bond donors (Lipinski definition) is 1. The maximum atomic E-state index is 12.4. The van der Waals surface area contributed by atoms with E-state index in [2.05, 4.69) is 28.4 Å². The van der Waals surface area contributed by atoms with Crippen LogP contribution in [0.5, 0.6) is 0 Å². The van der Waals surface area contributed by atoms with Gasteiger partial charge in [0, 0.05) is 31.3 Å². The van der Waals surface area contributed by atoms with Gasteiger partial charge in [0.25, 0.3) is 0 Å². The molecule has 0 bridgehead atoms. The summed E-state index contributed by atoms with van der Waals surface area (Å²) in [5, 5.41) is 8.16. The number of amides is 2. The molecule has 3 aliphatic rings. The van der Waals surface area contributed by atoms with E-state index in [1.165, 1.54) is 18.4 Å². The summed E-state index contributed by atoms with van der Waals surface area (Å²) >= 11 is 0. The van der Waals surface area contributed by atoms with Crippen LogP contribution in [0.1, 0.15) is 102 Å². The zero-order valence-electron chi connectivity index (χ0n) is 23.3. The van der Waals surface area contributed by atoms with Crippen molar-refractivity contribution in [3.05, 3.63) is 29.5 Å². The van der Waals surface area contributed by atoms with E-state index in [1.54, 1.807) is 0 Å². The van der Waals surface area contributed by atoms with Gasteiger partial charge < -0.3 is 9.64 Å². The molecule has 206 valence electrons. The van der Waals surface area contributed by atoms with Crippen molar-refractivity contribution in [1.29, 1.82) is 0 Å². The molecule has 8 heteroatoms. The van der Waals surface area contributed by atoms with E-state index in [-0.39, 0.29) is 23.7 Å². The van der Waals surface area contributed by atoms with Crippen molar-refractivity contribution >= 4 is 28.7 Å². The predicted octanol–water partition coefficient (Wildman–Crippen LogP) is 4.56. The van der Waals surface area contributed by atoms with Gasteiger partial charge in [-0.2, -0.15) is 5.10 Å². The third-order valence-corrected chi connectivity index (χ3v) is 8.68. The second-order valence-electron chi connectivity index (χ2n) is 12.6. The molecule has 2 saturated heterocycles. The van der Waals surface area contributed by atoms with Crippen LogP contribution in [0.15, 0.2) is 18.2 Å². The Morgan fingerprint density at radius 2 is 1.76 bits per heavy atom. The number of aromatic nitrogens is 2. The van der Waals surface area contributed by atoms with Crippen LogP contribution in [-0.2, 0) is 26.2 Å². The van der Waals surface area contributed by atoms with Gasteiger partial charge in [-0.05, 0) is 102 Å². The van der Waals surface area contributed by atoms with E-state index in [1.807, 2.05) is 32.5 Å². The molecule has 1 N–H and O–H groups in total. The van der Waals surface area contributed by atoms with E-state index in [0.717, 1.165) is 55.4 Å². The number of fused-ring (bicyclic) bond motifs is 1. The number of nitrogens with zero attached hydrogens (tertiary/aromatic N) is 3. The zero-order chi connectivity index (χ0) is 27.0. The maximum absolute atomic E-state index is 12.4. The number of hydrogen-bond acceptors (Lipinski definition) is 6. The Balaban J connectivity index is 1.16. The molecular formula is C30H42N4O4. The van der Waals surface area contributed by atoms with Gasteiger partial charge in [0.15, 0.2) is 0 Å². The SMILES string of the molecule is Cn1nc(C2CCC(=O)NC2=O)c2ccc(C3CCN([C@H]4CC[C@H](CC(=O)OC(C)(C)C)CC4)CC3)cc21. The van der Waals surface area contributed by atoms with Gasteiger partial charge in [-0.25, -0.2) is 0 Å². The van der Waals surface area contributed by atoms with Crippen molar-refractivity contribution in [2.75, 3.05) is 13.1 Å². The van der Waals surface area contributed by atoms with E-state index >= 15 is 0 Å². The number of ether oxygens (including phenoxy) is 1. The second kappa shape index (κ2) is 10.8. The molecule has 8 nitrogen and oxygen atoms in total. The summed E-state index contributed by atoms with van der Waals surface area (Å²) < 4.78 is 7.41. The van der Waals surface area contributed by atoms with Crippen molar-refractivity contribution < 1.29 is 19.1 Å². The Hall–Kier alpha value is -2.74. The van der Waals surface area contributed by atoms with Crippen LogP contribution in [0, 0.1) is 5.92 Å². The Kier molecular flexibility index (Phi) is 7.63. The van der Waals surface area contributed by atoms with Crippen LogP contribution < -0.4 is 5.32 Å². The molecule has 1 atom stereocenters. The van der Waals surface area contributed by atoms with Crippen LogP contribution >= 0.6 is 0 Å². The van der Waals surface area contributed by atoms with Gasteiger partial charge in [-0.3, -0.25) is 24.4 Å². The predicted molar refractivity (Wildman–Crippen MR) is 146 cm³/mol. The molecule has 3 heterocycles. The van der Waals surface area contributed by atoms with Crippen LogP contribution in [0.25, 0.3) is 10.9 Å². The van der Waals surface area contributed by atoms with Crippen molar-refractivity contribution in [2.45, 2.75) is 102 Å². The molecule has 1 aliphatic carbocycles. The minimum Gasteiger partial charge on any atom is -0.460 e. The van der Waals surface area contributed by atoms with Gasteiger partial charge in [-0.15, -0.1) is 0 Å². The number of esters is 1. The summed E-state index contributed by atoms with van der Waals surface area (Å²) in [6.07, 6.45) is 8.25. The fraction of sp³-hybridized carbons (Fsp3) is 0.667. The van der Waals surface area contributed by atoms with Crippen molar-refractivity contribution in [2.24, 2.45) is 13.0 Å². The largest absolute Gasteiger partial charge is 0.460 e. The normalized spacial score (nSPS) is 25.9. The molecule has 1 aromatic heterocycles. The first-order valence-corrected chi connectivity index (χ1v) is 14.3. The summed E-state index contributed by atoms with van der Waals surface area (Å²) in [5.74, 6) is 0.106. The van der Waals surface area contributed by atoms with Gasteiger partial charge in [0.2, 0.25) is 11.8 Å².